The van der Waals surface area contributed by atoms with Gasteiger partial charge in [0.15, 0.2) is 5.71 Å². The van der Waals surface area contributed by atoms with Crippen molar-refractivity contribution in [2.45, 2.75) is 6.61 Å². The fourth-order valence-corrected chi connectivity index (χ4v) is 2.74. The number of benzene rings is 2. The van der Waals surface area contributed by atoms with E-state index in [0.717, 1.165) is 5.69 Å². The van der Waals surface area contributed by atoms with Crippen molar-refractivity contribution in [2.24, 2.45) is 5.16 Å². The molecule has 0 saturated heterocycles. The van der Waals surface area contributed by atoms with E-state index >= 15 is 0 Å². The van der Waals surface area contributed by atoms with Gasteiger partial charge >= 0.3 is 5.97 Å². The van der Waals surface area contributed by atoms with Crippen molar-refractivity contribution < 1.29 is 19.1 Å². The number of hydrogen-bond acceptors (Lipinski definition) is 6. The van der Waals surface area contributed by atoms with E-state index in [-0.39, 0.29) is 18.2 Å². The van der Waals surface area contributed by atoms with Crippen molar-refractivity contribution >= 4 is 23.3 Å². The first kappa shape index (κ1) is 19.4. The normalized spacial score (nSPS) is 11.2. The van der Waals surface area contributed by atoms with Crippen LogP contribution < -0.4 is 4.74 Å². The van der Waals surface area contributed by atoms with Crippen molar-refractivity contribution in [1.29, 1.82) is 0 Å². The summed E-state index contributed by atoms with van der Waals surface area (Å²) in [6.07, 6.45) is 1.67. The number of ether oxygens (including phenoxy) is 2. The van der Waals surface area contributed by atoms with Crippen molar-refractivity contribution in [3.8, 4) is 11.6 Å². The van der Waals surface area contributed by atoms with Gasteiger partial charge in [-0.1, -0.05) is 59.2 Å². The van der Waals surface area contributed by atoms with Gasteiger partial charge in [-0.05, 0) is 17.7 Å². The van der Waals surface area contributed by atoms with Crippen LogP contribution in [0, 0.1) is 0 Å². The zero-order valence-electron chi connectivity index (χ0n) is 15.3. The molecule has 0 aliphatic carbocycles. The Hall–Kier alpha value is -3.32. The van der Waals surface area contributed by atoms with Gasteiger partial charge in [0.2, 0.25) is 0 Å². The van der Waals surface area contributed by atoms with Crippen molar-refractivity contribution in [3.05, 3.63) is 76.9 Å². The average Bonchev–Trinajstić information content (AvgIpc) is 3.11. The number of carbonyl (C=O) groups is 1. The predicted octanol–water partition coefficient (Wildman–Crippen LogP) is 3.63. The van der Waals surface area contributed by atoms with Crippen LogP contribution in [0.2, 0.25) is 5.02 Å². The highest BCUT2D eigenvalue weighted by Gasteiger charge is 2.20. The SMILES string of the molecule is CO/N=C(\C(=O)OC)c1ccccc1COc1nn(-c2ccccc2)cc1Cl. The van der Waals surface area contributed by atoms with Gasteiger partial charge in [-0.25, -0.2) is 9.48 Å². The first-order valence-electron chi connectivity index (χ1n) is 8.35. The molecule has 0 fully saturated rings. The van der Waals surface area contributed by atoms with Crippen LogP contribution in [-0.4, -0.2) is 35.7 Å². The third kappa shape index (κ3) is 4.32. The maximum absolute atomic E-state index is 12.0. The van der Waals surface area contributed by atoms with Crippen LogP contribution >= 0.6 is 11.6 Å². The smallest absolute Gasteiger partial charge is 0.360 e. The van der Waals surface area contributed by atoms with E-state index in [1.165, 1.54) is 14.2 Å². The van der Waals surface area contributed by atoms with Crippen LogP contribution in [0.25, 0.3) is 5.69 Å². The molecular weight excluding hydrogens is 382 g/mol. The van der Waals surface area contributed by atoms with E-state index in [4.69, 9.17) is 25.9 Å². The Balaban J connectivity index is 1.84. The number of aromatic nitrogens is 2. The quantitative estimate of drug-likeness (QED) is 0.344. The first-order chi connectivity index (χ1) is 13.6. The third-order valence-corrected chi connectivity index (χ3v) is 4.12. The van der Waals surface area contributed by atoms with Gasteiger partial charge in [0.05, 0.1) is 19.0 Å². The van der Waals surface area contributed by atoms with Crippen LogP contribution in [0.3, 0.4) is 0 Å². The van der Waals surface area contributed by atoms with Gasteiger partial charge in [0, 0.05) is 5.56 Å². The van der Waals surface area contributed by atoms with Crippen LogP contribution in [0.4, 0.5) is 0 Å². The summed E-state index contributed by atoms with van der Waals surface area (Å²) >= 11 is 6.26. The molecule has 1 aromatic heterocycles. The maximum Gasteiger partial charge on any atom is 0.360 e. The second-order valence-electron chi connectivity index (χ2n) is 5.62. The number of methoxy groups -OCH3 is 1. The fraction of sp³-hybridized carbons (Fsp3) is 0.150. The second kappa shape index (κ2) is 9.05. The number of carbonyl (C=O) groups excluding carboxylic acids is 1. The van der Waals surface area contributed by atoms with Crippen molar-refractivity contribution in [1.82, 2.24) is 9.78 Å². The van der Waals surface area contributed by atoms with Crippen molar-refractivity contribution in [2.75, 3.05) is 14.2 Å². The summed E-state index contributed by atoms with van der Waals surface area (Å²) in [6.45, 7) is 0.126. The number of para-hydroxylation sites is 1. The van der Waals surface area contributed by atoms with Crippen LogP contribution in [0.15, 0.2) is 65.9 Å². The average molecular weight is 400 g/mol. The molecule has 0 aliphatic heterocycles. The molecular formula is C20H18ClN3O4. The number of nitrogens with zero attached hydrogens (tertiary/aromatic N) is 3. The molecule has 0 unspecified atom stereocenters. The molecule has 0 N–H and O–H groups in total. The Morgan fingerprint density at radius 1 is 1.11 bits per heavy atom. The molecule has 0 atom stereocenters. The highest BCUT2D eigenvalue weighted by atomic mass is 35.5. The van der Waals surface area contributed by atoms with Gasteiger partial charge < -0.3 is 14.3 Å². The molecule has 0 spiro atoms. The lowest BCUT2D eigenvalue weighted by Gasteiger charge is -2.10. The standard InChI is InChI=1S/C20H18ClN3O4/c1-26-20(25)18(23-27-2)16-11-7-6-8-14(16)13-28-19-17(21)12-24(22-19)15-9-4-3-5-10-15/h3-12H,13H2,1-2H3/b23-18-. The molecule has 8 heteroatoms. The summed E-state index contributed by atoms with van der Waals surface area (Å²) in [5.74, 6) is -0.329. The summed E-state index contributed by atoms with van der Waals surface area (Å²) in [7, 11) is 2.64. The molecule has 7 nitrogen and oxygen atoms in total. The van der Waals surface area contributed by atoms with Gasteiger partial charge in [0.25, 0.3) is 5.88 Å². The van der Waals surface area contributed by atoms with Gasteiger partial charge in [-0.3, -0.25) is 0 Å². The largest absolute Gasteiger partial charge is 0.471 e. The highest BCUT2D eigenvalue weighted by molar-refractivity contribution is 6.43. The lowest BCUT2D eigenvalue weighted by molar-refractivity contribution is -0.132. The Morgan fingerprint density at radius 2 is 1.82 bits per heavy atom. The Kier molecular flexibility index (Phi) is 6.29. The molecule has 0 radical (unpaired) electrons. The van der Waals surface area contributed by atoms with Crippen LogP contribution in [-0.2, 0) is 21.0 Å². The van der Waals surface area contributed by atoms with E-state index in [1.54, 1.807) is 23.0 Å². The minimum absolute atomic E-state index is 0.0464. The molecule has 0 aliphatic rings. The zero-order chi connectivity index (χ0) is 19.9. The second-order valence-corrected chi connectivity index (χ2v) is 6.03. The van der Waals surface area contributed by atoms with E-state index < -0.39 is 5.97 Å². The summed E-state index contributed by atoms with van der Waals surface area (Å²) < 4.78 is 12.2. The Labute approximate surface area is 167 Å². The fourth-order valence-electron chi connectivity index (χ4n) is 2.56. The highest BCUT2D eigenvalue weighted by Crippen LogP contribution is 2.25. The van der Waals surface area contributed by atoms with E-state index in [0.29, 0.717) is 16.1 Å². The van der Waals surface area contributed by atoms with Crippen LogP contribution in [0.5, 0.6) is 5.88 Å². The number of oxime groups is 1. The van der Waals surface area contributed by atoms with Crippen LogP contribution in [0.1, 0.15) is 11.1 Å². The Bertz CT molecular complexity index is 986. The molecule has 0 bridgehead atoms. The van der Waals surface area contributed by atoms with Gasteiger partial charge in [-0.2, -0.15) is 0 Å². The maximum atomic E-state index is 12.0. The summed E-state index contributed by atoms with van der Waals surface area (Å²) in [5, 5.41) is 8.53. The molecule has 3 aromatic rings. The van der Waals surface area contributed by atoms with E-state index in [1.807, 2.05) is 42.5 Å². The monoisotopic (exact) mass is 399 g/mol. The van der Waals surface area contributed by atoms with E-state index in [2.05, 4.69) is 10.3 Å². The minimum Gasteiger partial charge on any atom is -0.471 e. The molecule has 3 rings (SSSR count). The summed E-state index contributed by atoms with van der Waals surface area (Å²) in [6, 6.07) is 16.7. The molecule has 0 saturated carbocycles. The van der Waals surface area contributed by atoms with E-state index in [9.17, 15) is 4.79 Å². The first-order valence-corrected chi connectivity index (χ1v) is 8.73. The summed E-state index contributed by atoms with van der Waals surface area (Å²) in [5.41, 5.74) is 2.15. The molecule has 0 amide bonds. The molecule has 1 heterocycles. The minimum atomic E-state index is -0.610. The molecule has 144 valence electrons. The lowest BCUT2D eigenvalue weighted by atomic mass is 10.0. The third-order valence-electron chi connectivity index (χ3n) is 3.86. The zero-order valence-corrected chi connectivity index (χ0v) is 16.1. The predicted molar refractivity (Wildman–Crippen MR) is 105 cm³/mol. The number of esters is 1. The molecule has 2 aromatic carbocycles. The Morgan fingerprint density at radius 3 is 2.54 bits per heavy atom. The van der Waals surface area contributed by atoms with Crippen molar-refractivity contribution in [3.63, 3.8) is 0 Å². The number of halogens is 1. The topological polar surface area (TPSA) is 74.9 Å². The van der Waals surface area contributed by atoms with Gasteiger partial charge in [0.1, 0.15) is 18.7 Å². The number of hydrogen-bond donors (Lipinski definition) is 0. The van der Waals surface area contributed by atoms with Gasteiger partial charge in [-0.15, -0.1) is 5.10 Å². The molecule has 28 heavy (non-hydrogen) atoms. The summed E-state index contributed by atoms with van der Waals surface area (Å²) in [4.78, 5) is 16.8. The number of rotatable bonds is 7. The lowest BCUT2D eigenvalue weighted by Crippen LogP contribution is -2.19.